The molecule has 1 aromatic heterocycles. The summed E-state index contributed by atoms with van der Waals surface area (Å²) in [5, 5.41) is 2.78. The van der Waals surface area contributed by atoms with Gasteiger partial charge < -0.3 is 14.5 Å². The van der Waals surface area contributed by atoms with Gasteiger partial charge in [-0.2, -0.15) is 0 Å². The maximum Gasteiger partial charge on any atom is 0.419 e. The molecular weight excluding hydrogens is 320 g/mol. The number of carbonyl (C=O) groups is 1. The van der Waals surface area contributed by atoms with Crippen LogP contribution >= 0.6 is 0 Å². The third-order valence-corrected chi connectivity index (χ3v) is 3.85. The Morgan fingerprint density at radius 1 is 1.16 bits per heavy atom. The zero-order chi connectivity index (χ0) is 17.6. The maximum atomic E-state index is 11.9. The Balaban J connectivity index is 1.44. The van der Waals surface area contributed by atoms with E-state index in [1.165, 1.54) is 10.1 Å². The third kappa shape index (κ3) is 4.29. The van der Waals surface area contributed by atoms with Crippen LogP contribution in [0.15, 0.2) is 57.7 Å². The van der Waals surface area contributed by atoms with Crippen LogP contribution in [0.1, 0.15) is 12.0 Å². The minimum atomic E-state index is -0.447. The van der Waals surface area contributed by atoms with Gasteiger partial charge >= 0.3 is 5.76 Å². The molecule has 6 nitrogen and oxygen atoms in total. The van der Waals surface area contributed by atoms with Gasteiger partial charge in [0.1, 0.15) is 12.4 Å². The molecule has 1 N–H and O–H groups in total. The van der Waals surface area contributed by atoms with Gasteiger partial charge in [-0.15, -0.1) is 0 Å². The predicted molar refractivity (Wildman–Crippen MR) is 94.8 cm³/mol. The van der Waals surface area contributed by atoms with Crippen LogP contribution < -0.4 is 15.8 Å². The van der Waals surface area contributed by atoms with Gasteiger partial charge in [-0.3, -0.25) is 9.36 Å². The van der Waals surface area contributed by atoms with Crippen LogP contribution in [0.5, 0.6) is 5.75 Å². The highest BCUT2D eigenvalue weighted by molar-refractivity contribution is 5.76. The SMILES string of the molecule is Cc1ccc(OCCNC(=O)CCn2c(=O)oc3ccccc32)cc1. The highest BCUT2D eigenvalue weighted by Crippen LogP contribution is 2.12. The van der Waals surface area contributed by atoms with Gasteiger partial charge in [0.05, 0.1) is 12.1 Å². The molecule has 1 amide bonds. The molecule has 0 bridgehead atoms. The molecule has 0 saturated heterocycles. The van der Waals surface area contributed by atoms with Crippen LogP contribution in [0.2, 0.25) is 0 Å². The van der Waals surface area contributed by atoms with E-state index in [9.17, 15) is 9.59 Å². The van der Waals surface area contributed by atoms with Crippen LogP contribution in [0.3, 0.4) is 0 Å². The number of nitrogens with one attached hydrogen (secondary N) is 1. The summed E-state index contributed by atoms with van der Waals surface area (Å²) in [4.78, 5) is 23.8. The lowest BCUT2D eigenvalue weighted by molar-refractivity contribution is -0.121. The van der Waals surface area contributed by atoms with Crippen LogP contribution in [-0.2, 0) is 11.3 Å². The first kappa shape index (κ1) is 16.8. The van der Waals surface area contributed by atoms with Gasteiger partial charge in [0.2, 0.25) is 5.91 Å². The van der Waals surface area contributed by atoms with E-state index in [-0.39, 0.29) is 18.9 Å². The van der Waals surface area contributed by atoms with Crippen molar-refractivity contribution in [1.82, 2.24) is 9.88 Å². The Kier molecular flexibility index (Phi) is 5.18. The number of benzene rings is 2. The average molecular weight is 340 g/mol. The second-order valence-corrected chi connectivity index (χ2v) is 5.75. The lowest BCUT2D eigenvalue weighted by atomic mass is 10.2. The molecule has 0 aliphatic heterocycles. The Morgan fingerprint density at radius 3 is 2.72 bits per heavy atom. The van der Waals surface area contributed by atoms with Crippen molar-refractivity contribution in [2.24, 2.45) is 0 Å². The highest BCUT2D eigenvalue weighted by Gasteiger charge is 2.10. The standard InChI is InChI=1S/C19H20N2O4/c1-14-6-8-15(9-7-14)24-13-11-20-18(22)10-12-21-16-4-2-3-5-17(16)25-19(21)23/h2-9H,10-13H2,1H3,(H,20,22). The number of fused-ring (bicyclic) bond motifs is 1. The van der Waals surface area contributed by atoms with Gasteiger partial charge in [-0.25, -0.2) is 4.79 Å². The van der Waals surface area contributed by atoms with Crippen molar-refractivity contribution in [3.8, 4) is 5.75 Å². The normalized spacial score (nSPS) is 10.8. The number of hydrogen-bond acceptors (Lipinski definition) is 4. The molecule has 130 valence electrons. The van der Waals surface area contributed by atoms with Crippen LogP contribution in [0.25, 0.3) is 11.1 Å². The number of amides is 1. The molecule has 0 spiro atoms. The van der Waals surface area contributed by atoms with Crippen molar-refractivity contribution in [3.63, 3.8) is 0 Å². The first-order chi connectivity index (χ1) is 12.1. The minimum Gasteiger partial charge on any atom is -0.492 e. The molecule has 1 heterocycles. The molecule has 25 heavy (non-hydrogen) atoms. The van der Waals surface area contributed by atoms with E-state index >= 15 is 0 Å². The van der Waals surface area contributed by atoms with E-state index < -0.39 is 5.76 Å². The predicted octanol–water partition coefficient (Wildman–Crippen LogP) is 2.49. The first-order valence-electron chi connectivity index (χ1n) is 8.18. The number of carbonyl (C=O) groups excluding carboxylic acids is 1. The molecule has 0 aliphatic carbocycles. The molecule has 0 aliphatic rings. The molecule has 3 rings (SSSR count). The van der Waals surface area contributed by atoms with Gasteiger partial charge in [0, 0.05) is 13.0 Å². The van der Waals surface area contributed by atoms with Crippen LogP contribution in [-0.4, -0.2) is 23.6 Å². The molecule has 0 fully saturated rings. The molecule has 0 radical (unpaired) electrons. The Bertz CT molecular complexity index is 909. The Hall–Kier alpha value is -3.02. The van der Waals surface area contributed by atoms with Crippen molar-refractivity contribution in [3.05, 3.63) is 64.6 Å². The summed E-state index contributed by atoms with van der Waals surface area (Å²) in [6.45, 7) is 3.09. The van der Waals surface area contributed by atoms with E-state index in [0.29, 0.717) is 24.3 Å². The summed E-state index contributed by atoms with van der Waals surface area (Å²) >= 11 is 0. The number of para-hydroxylation sites is 2. The largest absolute Gasteiger partial charge is 0.492 e. The monoisotopic (exact) mass is 340 g/mol. The zero-order valence-corrected chi connectivity index (χ0v) is 14.0. The van der Waals surface area contributed by atoms with Crippen molar-refractivity contribution in [2.45, 2.75) is 19.9 Å². The van der Waals surface area contributed by atoms with E-state index in [1.54, 1.807) is 18.2 Å². The minimum absolute atomic E-state index is 0.135. The molecule has 2 aromatic carbocycles. The molecule has 0 saturated carbocycles. The third-order valence-electron chi connectivity index (χ3n) is 3.85. The Labute approximate surface area is 145 Å². The molecule has 0 atom stereocenters. The van der Waals surface area contributed by atoms with Gasteiger partial charge in [0.25, 0.3) is 0 Å². The van der Waals surface area contributed by atoms with E-state index in [1.807, 2.05) is 37.3 Å². The van der Waals surface area contributed by atoms with Crippen molar-refractivity contribution in [1.29, 1.82) is 0 Å². The van der Waals surface area contributed by atoms with E-state index in [4.69, 9.17) is 9.15 Å². The fourth-order valence-corrected chi connectivity index (χ4v) is 2.52. The van der Waals surface area contributed by atoms with Gasteiger partial charge in [-0.05, 0) is 31.2 Å². The number of aromatic nitrogens is 1. The lowest BCUT2D eigenvalue weighted by Crippen LogP contribution is -2.29. The number of oxazole rings is 1. The fraction of sp³-hybridized carbons (Fsp3) is 0.263. The van der Waals surface area contributed by atoms with Gasteiger partial charge in [0.15, 0.2) is 5.58 Å². The summed E-state index contributed by atoms with van der Waals surface area (Å²) in [5.41, 5.74) is 2.39. The Morgan fingerprint density at radius 2 is 1.92 bits per heavy atom. The molecule has 0 unspecified atom stereocenters. The summed E-state index contributed by atoms with van der Waals surface area (Å²) in [6.07, 6.45) is 0.202. The topological polar surface area (TPSA) is 73.5 Å². The van der Waals surface area contributed by atoms with Crippen LogP contribution in [0.4, 0.5) is 0 Å². The number of hydrogen-bond donors (Lipinski definition) is 1. The van der Waals surface area contributed by atoms with Gasteiger partial charge in [-0.1, -0.05) is 29.8 Å². The molecular formula is C19H20N2O4. The number of rotatable bonds is 7. The second kappa shape index (κ2) is 7.70. The summed E-state index contributed by atoms with van der Waals surface area (Å²) in [5.74, 6) is 0.192. The van der Waals surface area contributed by atoms with Crippen molar-refractivity contribution < 1.29 is 13.9 Å². The zero-order valence-electron chi connectivity index (χ0n) is 14.0. The van der Waals surface area contributed by atoms with Crippen LogP contribution in [0, 0.1) is 6.92 Å². The van der Waals surface area contributed by atoms with E-state index in [0.717, 1.165) is 5.75 Å². The number of ether oxygens (including phenoxy) is 1. The summed E-state index contributed by atoms with van der Waals surface area (Å²) in [7, 11) is 0. The van der Waals surface area contributed by atoms with Crippen molar-refractivity contribution >= 4 is 17.0 Å². The maximum absolute atomic E-state index is 11.9. The fourth-order valence-electron chi connectivity index (χ4n) is 2.52. The molecule has 3 aromatic rings. The molecule has 6 heteroatoms. The second-order valence-electron chi connectivity index (χ2n) is 5.75. The number of nitrogens with zero attached hydrogens (tertiary/aromatic N) is 1. The first-order valence-corrected chi connectivity index (χ1v) is 8.18. The van der Waals surface area contributed by atoms with E-state index in [2.05, 4.69) is 5.32 Å². The van der Waals surface area contributed by atoms with Crippen molar-refractivity contribution in [2.75, 3.05) is 13.2 Å². The summed E-state index contributed by atoms with van der Waals surface area (Å²) in [6, 6.07) is 14.9. The average Bonchev–Trinajstić information content (AvgIpc) is 2.93. The number of aryl methyl sites for hydroxylation is 2. The quantitative estimate of drug-likeness (QED) is 0.671. The smallest absolute Gasteiger partial charge is 0.419 e. The summed E-state index contributed by atoms with van der Waals surface area (Å²) < 4.78 is 12.2. The highest BCUT2D eigenvalue weighted by atomic mass is 16.5. The lowest BCUT2D eigenvalue weighted by Gasteiger charge is -2.08.